The number of amides is 2. The normalized spacial score (nSPS) is 40.6. The monoisotopic (exact) mass is 237 g/mol. The Morgan fingerprint density at radius 3 is 2.24 bits per heavy atom. The molecular formula is C13H19NO3. The largest absolute Gasteiger partial charge is 0.396 e. The number of aliphatic hydroxyl groups excluding tert-OH is 1. The van der Waals surface area contributed by atoms with E-state index in [1.165, 1.54) is 4.90 Å². The van der Waals surface area contributed by atoms with Gasteiger partial charge in [-0.2, -0.15) is 0 Å². The maximum atomic E-state index is 11.9. The van der Waals surface area contributed by atoms with Crippen molar-refractivity contribution in [3.63, 3.8) is 0 Å². The molecular weight excluding hydrogens is 218 g/mol. The van der Waals surface area contributed by atoms with E-state index in [-0.39, 0.29) is 36.2 Å². The zero-order valence-corrected chi connectivity index (χ0v) is 9.97. The zero-order chi connectivity index (χ0) is 12.0. The van der Waals surface area contributed by atoms with Crippen LogP contribution in [0.15, 0.2) is 0 Å². The Morgan fingerprint density at radius 1 is 1.06 bits per heavy atom. The molecule has 3 rings (SSSR count). The van der Waals surface area contributed by atoms with Crippen molar-refractivity contribution in [1.29, 1.82) is 0 Å². The number of likely N-dealkylation sites (tertiary alicyclic amines) is 1. The molecule has 2 saturated carbocycles. The fourth-order valence-electron chi connectivity index (χ4n) is 3.43. The number of imide groups is 1. The molecule has 94 valence electrons. The van der Waals surface area contributed by atoms with Crippen LogP contribution in [0.4, 0.5) is 0 Å². The van der Waals surface area contributed by atoms with Gasteiger partial charge >= 0.3 is 0 Å². The summed E-state index contributed by atoms with van der Waals surface area (Å²) < 4.78 is 0. The summed E-state index contributed by atoms with van der Waals surface area (Å²) >= 11 is 0. The van der Waals surface area contributed by atoms with Crippen LogP contribution in [0.25, 0.3) is 0 Å². The van der Waals surface area contributed by atoms with Crippen molar-refractivity contribution >= 4 is 11.8 Å². The second-order valence-corrected chi connectivity index (χ2v) is 5.72. The van der Waals surface area contributed by atoms with E-state index >= 15 is 0 Å². The number of fused-ring (bicyclic) bond motifs is 1. The van der Waals surface area contributed by atoms with Crippen molar-refractivity contribution in [2.45, 2.75) is 32.1 Å². The summed E-state index contributed by atoms with van der Waals surface area (Å²) in [5.41, 5.74) is 0. The molecule has 1 heterocycles. The van der Waals surface area contributed by atoms with Gasteiger partial charge < -0.3 is 5.11 Å². The third kappa shape index (κ3) is 1.79. The maximum Gasteiger partial charge on any atom is 0.233 e. The Bertz CT molecular complexity index is 335. The molecule has 1 N–H and O–H groups in total. The minimum absolute atomic E-state index is 0.0127. The van der Waals surface area contributed by atoms with Crippen molar-refractivity contribution in [1.82, 2.24) is 4.90 Å². The molecule has 4 unspecified atom stereocenters. The van der Waals surface area contributed by atoms with E-state index in [4.69, 9.17) is 0 Å². The number of carbonyl (C=O) groups is 2. The molecule has 4 atom stereocenters. The van der Waals surface area contributed by atoms with E-state index in [9.17, 15) is 14.7 Å². The van der Waals surface area contributed by atoms with Gasteiger partial charge in [-0.3, -0.25) is 14.5 Å². The average Bonchev–Trinajstić information content (AvgIpc) is 3.10. The van der Waals surface area contributed by atoms with Gasteiger partial charge in [-0.1, -0.05) is 12.8 Å². The van der Waals surface area contributed by atoms with Crippen LogP contribution in [0.1, 0.15) is 32.1 Å². The third-order valence-electron chi connectivity index (χ3n) is 4.67. The molecule has 2 amide bonds. The molecule has 3 aliphatic rings. The van der Waals surface area contributed by atoms with Crippen molar-refractivity contribution in [3.8, 4) is 0 Å². The topological polar surface area (TPSA) is 57.6 Å². The van der Waals surface area contributed by atoms with Gasteiger partial charge in [-0.25, -0.2) is 0 Å². The van der Waals surface area contributed by atoms with Crippen LogP contribution in [-0.2, 0) is 9.59 Å². The van der Waals surface area contributed by atoms with Crippen molar-refractivity contribution in [2.75, 3.05) is 13.2 Å². The standard InChI is InChI=1S/C13H19NO3/c15-7-9-4-2-1-3-8(9)6-14-12(16)10-5-11(10)13(14)17/h8-11,15H,1-7H2. The number of hydrogen-bond acceptors (Lipinski definition) is 3. The highest BCUT2D eigenvalue weighted by Crippen LogP contribution is 2.47. The Hall–Kier alpha value is -0.900. The molecule has 0 aromatic carbocycles. The van der Waals surface area contributed by atoms with Crippen LogP contribution in [0.3, 0.4) is 0 Å². The first kappa shape index (κ1) is 11.2. The van der Waals surface area contributed by atoms with Gasteiger partial charge in [0.05, 0.1) is 11.8 Å². The van der Waals surface area contributed by atoms with E-state index in [1.807, 2.05) is 0 Å². The molecule has 0 aromatic rings. The van der Waals surface area contributed by atoms with Crippen LogP contribution < -0.4 is 0 Å². The van der Waals surface area contributed by atoms with E-state index < -0.39 is 0 Å². The second kappa shape index (κ2) is 4.09. The lowest BCUT2D eigenvalue weighted by Crippen LogP contribution is -2.40. The van der Waals surface area contributed by atoms with Gasteiger partial charge in [0.2, 0.25) is 11.8 Å². The van der Waals surface area contributed by atoms with Crippen LogP contribution in [0.2, 0.25) is 0 Å². The summed E-state index contributed by atoms with van der Waals surface area (Å²) in [6.45, 7) is 0.740. The van der Waals surface area contributed by atoms with E-state index in [1.54, 1.807) is 0 Å². The molecule has 2 aliphatic carbocycles. The third-order valence-corrected chi connectivity index (χ3v) is 4.67. The average molecular weight is 237 g/mol. The number of hydrogen-bond donors (Lipinski definition) is 1. The van der Waals surface area contributed by atoms with Crippen LogP contribution in [0, 0.1) is 23.7 Å². The number of piperidine rings is 1. The highest BCUT2D eigenvalue weighted by Gasteiger charge is 2.59. The Morgan fingerprint density at radius 2 is 1.65 bits per heavy atom. The molecule has 17 heavy (non-hydrogen) atoms. The van der Waals surface area contributed by atoms with E-state index in [0.29, 0.717) is 12.5 Å². The first-order valence-corrected chi connectivity index (χ1v) is 6.68. The summed E-state index contributed by atoms with van der Waals surface area (Å²) in [6.07, 6.45) is 5.17. The molecule has 0 radical (unpaired) electrons. The Kier molecular flexibility index (Phi) is 2.69. The maximum absolute atomic E-state index is 11.9. The predicted molar refractivity (Wildman–Crippen MR) is 60.9 cm³/mol. The molecule has 1 aliphatic heterocycles. The Labute approximate surface area is 101 Å². The molecule has 0 aromatic heterocycles. The zero-order valence-electron chi connectivity index (χ0n) is 9.97. The summed E-state index contributed by atoms with van der Waals surface area (Å²) in [4.78, 5) is 25.2. The molecule has 4 nitrogen and oxygen atoms in total. The van der Waals surface area contributed by atoms with Gasteiger partial charge in [0.1, 0.15) is 0 Å². The lowest BCUT2D eigenvalue weighted by atomic mass is 9.79. The molecule has 4 heteroatoms. The van der Waals surface area contributed by atoms with Gasteiger partial charge in [0, 0.05) is 13.2 Å². The lowest BCUT2D eigenvalue weighted by Gasteiger charge is -2.33. The molecule has 1 saturated heterocycles. The number of rotatable bonds is 3. The number of nitrogens with zero attached hydrogens (tertiary/aromatic N) is 1. The number of aliphatic hydroxyl groups is 1. The van der Waals surface area contributed by atoms with Crippen LogP contribution in [0.5, 0.6) is 0 Å². The summed E-state index contributed by atoms with van der Waals surface area (Å²) in [7, 11) is 0. The quantitative estimate of drug-likeness (QED) is 0.738. The van der Waals surface area contributed by atoms with Crippen molar-refractivity contribution in [3.05, 3.63) is 0 Å². The lowest BCUT2D eigenvalue weighted by molar-refractivity contribution is -0.142. The minimum atomic E-state index is 0.0127. The molecule has 0 bridgehead atoms. The first-order valence-electron chi connectivity index (χ1n) is 6.68. The molecule has 0 spiro atoms. The Balaban J connectivity index is 1.66. The van der Waals surface area contributed by atoms with Gasteiger partial charge in [0.15, 0.2) is 0 Å². The van der Waals surface area contributed by atoms with E-state index in [2.05, 4.69) is 0 Å². The second-order valence-electron chi connectivity index (χ2n) is 5.72. The van der Waals surface area contributed by atoms with Gasteiger partial charge in [-0.15, -0.1) is 0 Å². The fraction of sp³-hybridized carbons (Fsp3) is 0.846. The fourth-order valence-corrected chi connectivity index (χ4v) is 3.43. The van der Waals surface area contributed by atoms with Crippen molar-refractivity contribution < 1.29 is 14.7 Å². The van der Waals surface area contributed by atoms with Gasteiger partial charge in [0.25, 0.3) is 0 Å². The van der Waals surface area contributed by atoms with Crippen LogP contribution in [-0.4, -0.2) is 35.0 Å². The first-order chi connectivity index (χ1) is 8.22. The highest BCUT2D eigenvalue weighted by atomic mass is 16.3. The van der Waals surface area contributed by atoms with Gasteiger partial charge in [-0.05, 0) is 31.1 Å². The number of carbonyl (C=O) groups excluding carboxylic acids is 2. The summed E-state index contributed by atoms with van der Waals surface area (Å²) in [5, 5.41) is 9.34. The smallest absolute Gasteiger partial charge is 0.233 e. The van der Waals surface area contributed by atoms with Crippen molar-refractivity contribution in [2.24, 2.45) is 23.7 Å². The highest BCUT2D eigenvalue weighted by molar-refractivity contribution is 6.08. The molecule has 3 fully saturated rings. The van der Waals surface area contributed by atoms with E-state index in [0.717, 1.165) is 32.1 Å². The SMILES string of the molecule is O=C1C2CC2C(=O)N1CC1CCCCC1CO. The minimum Gasteiger partial charge on any atom is -0.396 e. The van der Waals surface area contributed by atoms with Crippen LogP contribution >= 0.6 is 0 Å². The summed E-state index contributed by atoms with van der Waals surface area (Å²) in [5.74, 6) is 0.710. The predicted octanol–water partition coefficient (Wildman–Crippen LogP) is 0.790. The summed E-state index contributed by atoms with van der Waals surface area (Å²) in [6, 6.07) is 0.